The first-order valence-corrected chi connectivity index (χ1v) is 11.0. The molecule has 0 radical (unpaired) electrons. The standard InChI is InChI=1S/C18H29FO6S/c1-2-3-4-18(19,26(22,23)24)15(21)25-12-17-8-13-5-14(9-17)7-16(6-13,10-17)11-20/h13-14,20H,2-12H2,1H3,(H,22,23,24). The molecule has 26 heavy (non-hydrogen) atoms. The molecule has 0 aromatic heterocycles. The van der Waals surface area contributed by atoms with Crippen LogP contribution in [0.4, 0.5) is 4.39 Å². The maximum Gasteiger partial charge on any atom is 0.362 e. The molecule has 4 fully saturated rings. The van der Waals surface area contributed by atoms with Crippen LogP contribution in [-0.2, 0) is 19.6 Å². The lowest BCUT2D eigenvalue weighted by atomic mass is 9.44. The predicted molar refractivity (Wildman–Crippen MR) is 92.5 cm³/mol. The Kier molecular flexibility index (Phi) is 5.16. The van der Waals surface area contributed by atoms with Gasteiger partial charge in [-0.2, -0.15) is 8.42 Å². The quantitative estimate of drug-likeness (QED) is 0.487. The van der Waals surface area contributed by atoms with E-state index in [4.69, 9.17) is 4.74 Å². The molecule has 4 saturated carbocycles. The van der Waals surface area contributed by atoms with E-state index in [0.29, 0.717) is 18.3 Å². The molecule has 6 nitrogen and oxygen atoms in total. The van der Waals surface area contributed by atoms with Crippen molar-refractivity contribution in [3.05, 3.63) is 0 Å². The first kappa shape index (κ1) is 20.0. The molecule has 0 aromatic rings. The van der Waals surface area contributed by atoms with Gasteiger partial charge < -0.3 is 9.84 Å². The van der Waals surface area contributed by atoms with E-state index in [1.54, 1.807) is 6.92 Å². The summed E-state index contributed by atoms with van der Waals surface area (Å²) in [5, 5.41) is 6.47. The zero-order valence-electron chi connectivity index (χ0n) is 15.2. The van der Waals surface area contributed by atoms with Crippen molar-refractivity contribution < 1.29 is 32.0 Å². The van der Waals surface area contributed by atoms with Crippen LogP contribution in [0.15, 0.2) is 0 Å². The van der Waals surface area contributed by atoms with Crippen molar-refractivity contribution in [2.75, 3.05) is 13.2 Å². The molecule has 3 atom stereocenters. The van der Waals surface area contributed by atoms with Crippen LogP contribution in [-0.4, -0.2) is 42.3 Å². The summed E-state index contributed by atoms with van der Waals surface area (Å²) in [5.41, 5.74) is -0.456. The van der Waals surface area contributed by atoms with Gasteiger partial charge in [0.05, 0.1) is 6.61 Å². The number of carbonyl (C=O) groups is 1. The maximum atomic E-state index is 14.8. The molecule has 4 bridgehead atoms. The van der Waals surface area contributed by atoms with Gasteiger partial charge in [0.15, 0.2) is 0 Å². The number of ether oxygens (including phenoxy) is 1. The highest BCUT2D eigenvalue weighted by molar-refractivity contribution is 7.87. The van der Waals surface area contributed by atoms with Gasteiger partial charge in [-0.15, -0.1) is 0 Å². The van der Waals surface area contributed by atoms with E-state index >= 15 is 0 Å². The van der Waals surface area contributed by atoms with Gasteiger partial charge in [0.1, 0.15) is 0 Å². The maximum absolute atomic E-state index is 14.8. The zero-order valence-corrected chi connectivity index (χ0v) is 16.1. The SMILES string of the molecule is CCCCC(F)(C(=O)OCC12CC3CC(CC(CO)(C3)C1)C2)S(=O)(=O)O. The van der Waals surface area contributed by atoms with Crippen LogP contribution in [0.5, 0.6) is 0 Å². The minimum Gasteiger partial charge on any atom is -0.462 e. The van der Waals surface area contributed by atoms with Gasteiger partial charge in [0.25, 0.3) is 0 Å². The van der Waals surface area contributed by atoms with Crippen LogP contribution in [0.25, 0.3) is 0 Å². The van der Waals surface area contributed by atoms with Crippen molar-refractivity contribution in [3.63, 3.8) is 0 Å². The Balaban J connectivity index is 1.72. The highest BCUT2D eigenvalue weighted by Crippen LogP contribution is 2.65. The van der Waals surface area contributed by atoms with Crippen molar-refractivity contribution in [1.29, 1.82) is 0 Å². The predicted octanol–water partition coefficient (Wildman–Crippen LogP) is 2.85. The van der Waals surface area contributed by atoms with Gasteiger partial charge >= 0.3 is 21.1 Å². The fourth-order valence-electron chi connectivity index (χ4n) is 6.07. The normalized spacial score (nSPS) is 38.2. The number of halogens is 1. The average Bonchev–Trinajstić information content (AvgIpc) is 2.55. The van der Waals surface area contributed by atoms with Gasteiger partial charge in [0, 0.05) is 18.4 Å². The van der Waals surface area contributed by atoms with Crippen LogP contribution in [0, 0.1) is 22.7 Å². The van der Waals surface area contributed by atoms with Crippen LogP contribution in [0.2, 0.25) is 0 Å². The van der Waals surface area contributed by atoms with Gasteiger partial charge in [-0.05, 0) is 62.2 Å². The minimum atomic E-state index is -5.21. The smallest absolute Gasteiger partial charge is 0.362 e. The third-order valence-corrected chi connectivity index (χ3v) is 7.90. The summed E-state index contributed by atoms with van der Waals surface area (Å²) in [6, 6.07) is 0. The second kappa shape index (κ2) is 6.71. The van der Waals surface area contributed by atoms with Gasteiger partial charge in [-0.3, -0.25) is 4.55 Å². The molecular formula is C18H29FO6S. The van der Waals surface area contributed by atoms with E-state index in [2.05, 4.69) is 0 Å². The number of aliphatic hydroxyl groups is 1. The third kappa shape index (κ3) is 3.40. The molecule has 4 aliphatic rings. The van der Waals surface area contributed by atoms with E-state index in [0.717, 1.165) is 38.5 Å². The molecule has 4 aliphatic carbocycles. The summed E-state index contributed by atoms with van der Waals surface area (Å²) in [5.74, 6) is -0.569. The second-order valence-corrected chi connectivity index (χ2v) is 10.6. The number of hydrogen-bond acceptors (Lipinski definition) is 5. The number of aliphatic hydroxyl groups excluding tert-OH is 1. The Morgan fingerprint density at radius 1 is 1.23 bits per heavy atom. The lowest BCUT2D eigenvalue weighted by molar-refractivity contribution is -0.175. The van der Waals surface area contributed by atoms with Gasteiger partial charge in [-0.1, -0.05) is 13.3 Å². The molecule has 8 heteroatoms. The van der Waals surface area contributed by atoms with Crippen LogP contribution >= 0.6 is 0 Å². The average molecular weight is 392 g/mol. The summed E-state index contributed by atoms with van der Waals surface area (Å²) in [6.07, 6.45) is 5.53. The number of unbranched alkanes of at least 4 members (excludes halogenated alkanes) is 1. The Morgan fingerprint density at radius 2 is 1.81 bits per heavy atom. The first-order valence-electron chi connectivity index (χ1n) is 9.51. The van der Waals surface area contributed by atoms with E-state index in [1.807, 2.05) is 0 Å². The van der Waals surface area contributed by atoms with Crippen LogP contribution in [0.1, 0.15) is 64.7 Å². The molecule has 4 rings (SSSR count). The number of hydrogen-bond donors (Lipinski definition) is 2. The Morgan fingerprint density at radius 3 is 2.31 bits per heavy atom. The van der Waals surface area contributed by atoms with Crippen molar-refractivity contribution in [2.45, 2.75) is 69.7 Å². The summed E-state index contributed by atoms with van der Waals surface area (Å²) >= 11 is 0. The van der Waals surface area contributed by atoms with Crippen LogP contribution < -0.4 is 0 Å². The zero-order chi connectivity index (χ0) is 19.2. The van der Waals surface area contributed by atoms with E-state index < -0.39 is 27.5 Å². The lowest BCUT2D eigenvalue weighted by Crippen LogP contribution is -2.55. The third-order valence-electron chi connectivity index (χ3n) is 6.71. The Bertz CT molecular complexity index is 649. The molecule has 0 aromatic carbocycles. The number of rotatable bonds is 8. The molecule has 0 amide bonds. The summed E-state index contributed by atoms with van der Waals surface area (Å²) < 4.78 is 52.2. The van der Waals surface area contributed by atoms with Gasteiger partial charge in [0.2, 0.25) is 0 Å². The Labute approximate surface area is 154 Å². The molecule has 0 aliphatic heterocycles. The molecule has 0 heterocycles. The molecule has 150 valence electrons. The second-order valence-electron chi connectivity index (χ2n) is 9.00. The highest BCUT2D eigenvalue weighted by atomic mass is 32.2. The van der Waals surface area contributed by atoms with Crippen LogP contribution in [0.3, 0.4) is 0 Å². The molecular weight excluding hydrogens is 363 g/mol. The molecule has 3 unspecified atom stereocenters. The van der Waals surface area contributed by atoms with E-state index in [1.165, 1.54) is 0 Å². The first-order chi connectivity index (χ1) is 12.1. The monoisotopic (exact) mass is 392 g/mol. The molecule has 2 N–H and O–H groups in total. The Hall–Kier alpha value is -0.730. The minimum absolute atomic E-state index is 0.0477. The number of alkyl halides is 1. The topological polar surface area (TPSA) is 101 Å². The largest absolute Gasteiger partial charge is 0.462 e. The molecule has 0 spiro atoms. The summed E-state index contributed by atoms with van der Waals surface area (Å²) in [6.45, 7) is 1.79. The lowest BCUT2D eigenvalue weighted by Gasteiger charge is -2.61. The fourth-order valence-corrected chi connectivity index (χ4v) is 6.74. The van der Waals surface area contributed by atoms with E-state index in [9.17, 15) is 27.3 Å². The summed E-state index contributed by atoms with van der Waals surface area (Å²) in [4.78, 5) is 12.3. The van der Waals surface area contributed by atoms with Crippen molar-refractivity contribution >= 4 is 16.1 Å². The van der Waals surface area contributed by atoms with Crippen molar-refractivity contribution in [3.8, 4) is 0 Å². The van der Waals surface area contributed by atoms with Crippen molar-refractivity contribution in [1.82, 2.24) is 0 Å². The van der Waals surface area contributed by atoms with Crippen molar-refractivity contribution in [2.24, 2.45) is 22.7 Å². The van der Waals surface area contributed by atoms with E-state index in [-0.39, 0.29) is 30.5 Å². The fraction of sp³-hybridized carbons (Fsp3) is 0.944. The van der Waals surface area contributed by atoms with Gasteiger partial charge in [-0.25, -0.2) is 9.18 Å². The number of esters is 1. The summed E-state index contributed by atoms with van der Waals surface area (Å²) in [7, 11) is -5.21. The highest BCUT2D eigenvalue weighted by Gasteiger charge is 2.59. The molecule has 0 saturated heterocycles. The number of carbonyl (C=O) groups excluding carboxylic acids is 1.